The highest BCUT2D eigenvalue weighted by Gasteiger charge is 2.40. The Morgan fingerprint density at radius 3 is 2.45 bits per heavy atom. The number of aliphatic hydroxyl groups is 1. The van der Waals surface area contributed by atoms with Gasteiger partial charge in [-0.15, -0.1) is 10.2 Å². The molecule has 0 spiro atoms. The van der Waals surface area contributed by atoms with Crippen molar-refractivity contribution < 1.29 is 31.8 Å². The lowest BCUT2D eigenvalue weighted by Gasteiger charge is -2.31. The van der Waals surface area contributed by atoms with Crippen LogP contribution in [-0.2, 0) is 19.5 Å². The van der Waals surface area contributed by atoms with Crippen molar-refractivity contribution in [2.45, 2.75) is 57.8 Å². The van der Waals surface area contributed by atoms with Crippen LogP contribution in [0.1, 0.15) is 31.4 Å². The van der Waals surface area contributed by atoms with E-state index in [-0.39, 0.29) is 29.8 Å². The smallest absolute Gasteiger partial charge is 0.246 e. The molecule has 0 radical (unpaired) electrons. The average Bonchev–Trinajstić information content (AvgIpc) is 3.53. The summed E-state index contributed by atoms with van der Waals surface area (Å²) in [5.41, 5.74) is -0.137. The highest BCUT2D eigenvalue weighted by atomic mass is 79.9. The van der Waals surface area contributed by atoms with E-state index >= 15 is 0 Å². The number of allylic oxidation sites excluding steroid dienone is 2. The third-order valence-electron chi connectivity index (χ3n) is 6.61. The standard InChI is InChI=1S/C27H37BrFN5O6SSi/c1-16-10-11-22(40-16)26-31-32-27(34(26)24(17(2)38-5)18(3)39-6)33(12-13-42(7,8)9)41(36,37)19(4)25(35)23-21(29)14-20(28)15-30-23/h10-11,14-15,19,25,35H,2,12-13H2,1,3-9H3/b24-18-/t19-,25-/m0/s1. The number of pyridine rings is 1. The summed E-state index contributed by atoms with van der Waals surface area (Å²) in [6.07, 6.45) is -0.496. The summed E-state index contributed by atoms with van der Waals surface area (Å²) >= 11 is 3.13. The third kappa shape index (κ3) is 7.13. The first-order valence-electron chi connectivity index (χ1n) is 13.0. The van der Waals surface area contributed by atoms with E-state index in [2.05, 4.69) is 57.3 Å². The zero-order chi connectivity index (χ0) is 31.6. The molecule has 3 aromatic rings. The Morgan fingerprint density at radius 1 is 1.26 bits per heavy atom. The highest BCUT2D eigenvalue weighted by molar-refractivity contribution is 9.10. The number of aryl methyl sites for hydroxylation is 1. The predicted octanol–water partition coefficient (Wildman–Crippen LogP) is 5.73. The van der Waals surface area contributed by atoms with Crippen molar-refractivity contribution in [3.63, 3.8) is 0 Å². The number of aliphatic hydroxyl groups excluding tert-OH is 1. The van der Waals surface area contributed by atoms with Crippen LogP contribution in [0.15, 0.2) is 51.4 Å². The molecule has 0 bridgehead atoms. The van der Waals surface area contributed by atoms with Crippen LogP contribution in [0.3, 0.4) is 0 Å². The number of hydrogen-bond donors (Lipinski definition) is 1. The molecule has 1 N–H and O–H groups in total. The van der Waals surface area contributed by atoms with Gasteiger partial charge in [-0.2, -0.15) is 0 Å². The molecule has 0 unspecified atom stereocenters. The summed E-state index contributed by atoms with van der Waals surface area (Å²) < 4.78 is 63.2. The highest BCUT2D eigenvalue weighted by Crippen LogP contribution is 2.36. The molecule has 3 heterocycles. The Bertz CT molecular complexity index is 1580. The van der Waals surface area contributed by atoms with Crippen LogP contribution < -0.4 is 4.31 Å². The maximum atomic E-state index is 14.8. The molecule has 15 heteroatoms. The fraction of sp³-hybridized carbons (Fsp3) is 0.444. The lowest BCUT2D eigenvalue weighted by Crippen LogP contribution is -2.44. The second kappa shape index (κ2) is 13.1. The number of ether oxygens (including phenoxy) is 2. The maximum Gasteiger partial charge on any atom is 0.246 e. The van der Waals surface area contributed by atoms with Crippen molar-refractivity contribution in [2.75, 3.05) is 25.1 Å². The van der Waals surface area contributed by atoms with Gasteiger partial charge in [-0.3, -0.25) is 9.55 Å². The van der Waals surface area contributed by atoms with Gasteiger partial charge >= 0.3 is 0 Å². The van der Waals surface area contributed by atoms with Crippen molar-refractivity contribution in [2.24, 2.45) is 0 Å². The van der Waals surface area contributed by atoms with E-state index in [0.717, 1.165) is 10.4 Å². The second-order valence-electron chi connectivity index (χ2n) is 10.9. The van der Waals surface area contributed by atoms with Crippen LogP contribution in [0.5, 0.6) is 0 Å². The molecule has 3 rings (SSSR count). The molecule has 230 valence electrons. The molecular formula is C27H37BrFN5O6SSi. The number of nitrogens with zero attached hydrogens (tertiary/aromatic N) is 5. The first-order valence-corrected chi connectivity index (χ1v) is 19.0. The molecule has 0 aromatic carbocycles. The van der Waals surface area contributed by atoms with E-state index in [9.17, 15) is 17.9 Å². The Labute approximate surface area is 255 Å². The molecule has 0 aliphatic heterocycles. The molecule has 0 fully saturated rings. The summed E-state index contributed by atoms with van der Waals surface area (Å²) in [7, 11) is -3.39. The zero-order valence-electron chi connectivity index (χ0n) is 25.0. The number of sulfonamides is 1. The number of anilines is 1. The lowest BCUT2D eigenvalue weighted by atomic mass is 10.2. The number of halogens is 2. The van der Waals surface area contributed by atoms with E-state index in [0.29, 0.717) is 27.8 Å². The summed E-state index contributed by atoms with van der Waals surface area (Å²) in [5.74, 6) is 0.623. The van der Waals surface area contributed by atoms with Crippen LogP contribution in [0.25, 0.3) is 17.3 Å². The van der Waals surface area contributed by atoms with Crippen molar-refractivity contribution in [1.82, 2.24) is 19.7 Å². The average molecular weight is 687 g/mol. The van der Waals surface area contributed by atoms with Crippen molar-refractivity contribution in [3.05, 3.63) is 64.2 Å². The zero-order valence-corrected chi connectivity index (χ0v) is 28.4. The van der Waals surface area contributed by atoms with Crippen LogP contribution >= 0.6 is 15.9 Å². The fourth-order valence-corrected chi connectivity index (χ4v) is 6.94. The normalized spacial score (nSPS) is 14.3. The second-order valence-corrected chi connectivity index (χ2v) is 19.7. The molecule has 0 amide bonds. The van der Waals surface area contributed by atoms with Gasteiger partial charge in [0.15, 0.2) is 5.76 Å². The van der Waals surface area contributed by atoms with Gasteiger partial charge in [0, 0.05) is 25.3 Å². The monoisotopic (exact) mass is 685 g/mol. The van der Waals surface area contributed by atoms with E-state index in [1.807, 2.05) is 0 Å². The molecule has 0 aliphatic rings. The van der Waals surface area contributed by atoms with Gasteiger partial charge < -0.3 is 19.0 Å². The van der Waals surface area contributed by atoms with Crippen LogP contribution in [0.4, 0.5) is 10.3 Å². The molecule has 0 saturated heterocycles. The third-order valence-corrected chi connectivity index (χ3v) is 10.9. The van der Waals surface area contributed by atoms with Crippen molar-refractivity contribution in [3.8, 4) is 11.6 Å². The molecule has 42 heavy (non-hydrogen) atoms. The Morgan fingerprint density at radius 2 is 1.93 bits per heavy atom. The topological polar surface area (TPSA) is 133 Å². The Hall–Kier alpha value is -3.01. The number of hydrogen-bond acceptors (Lipinski definition) is 9. The van der Waals surface area contributed by atoms with Gasteiger partial charge in [-0.1, -0.05) is 26.2 Å². The number of rotatable bonds is 13. The first kappa shape index (κ1) is 33.5. The van der Waals surface area contributed by atoms with Gasteiger partial charge in [0.2, 0.25) is 21.8 Å². The quantitative estimate of drug-likeness (QED) is 0.136. The summed E-state index contributed by atoms with van der Waals surface area (Å²) in [5, 5.41) is 18.2. The minimum atomic E-state index is -4.44. The van der Waals surface area contributed by atoms with Crippen LogP contribution in [0, 0.1) is 12.7 Å². The molecule has 2 atom stereocenters. The molecule has 11 nitrogen and oxygen atoms in total. The largest absolute Gasteiger partial charge is 0.499 e. The lowest BCUT2D eigenvalue weighted by molar-refractivity contribution is 0.166. The van der Waals surface area contributed by atoms with E-state index in [1.165, 1.54) is 31.9 Å². The number of methoxy groups -OCH3 is 2. The van der Waals surface area contributed by atoms with Crippen LogP contribution in [0.2, 0.25) is 25.7 Å². The minimum Gasteiger partial charge on any atom is -0.499 e. The summed E-state index contributed by atoms with van der Waals surface area (Å²) in [6.45, 7) is 15.0. The molecule has 0 aliphatic carbocycles. The summed E-state index contributed by atoms with van der Waals surface area (Å²) in [6, 6.07) is 5.08. The van der Waals surface area contributed by atoms with Gasteiger partial charge in [0.05, 0.1) is 14.2 Å². The van der Waals surface area contributed by atoms with Gasteiger partial charge in [-0.25, -0.2) is 17.1 Å². The van der Waals surface area contributed by atoms with Gasteiger partial charge in [0.1, 0.15) is 45.8 Å². The van der Waals surface area contributed by atoms with Crippen molar-refractivity contribution in [1.29, 1.82) is 0 Å². The van der Waals surface area contributed by atoms with Crippen molar-refractivity contribution >= 4 is 45.7 Å². The van der Waals surface area contributed by atoms with Gasteiger partial charge in [0.25, 0.3) is 0 Å². The van der Waals surface area contributed by atoms with Crippen LogP contribution in [-0.4, -0.2) is 67.4 Å². The Balaban J connectivity index is 2.31. The molecule has 0 saturated carbocycles. The van der Waals surface area contributed by atoms with E-state index in [4.69, 9.17) is 13.9 Å². The SMILES string of the molecule is C=C(OC)/C(=C(\C)OC)n1c(-c2ccc(C)o2)nnc1N(CC[Si](C)(C)C)S(=O)(=O)[C@@H](C)[C@H](O)c1ncc(Br)cc1F. The molecule has 3 aromatic heterocycles. The Kier molecular flexibility index (Phi) is 10.4. The predicted molar refractivity (Wildman–Crippen MR) is 165 cm³/mol. The first-order chi connectivity index (χ1) is 19.5. The number of aromatic nitrogens is 4. The maximum absolute atomic E-state index is 14.8. The fourth-order valence-electron chi connectivity index (χ4n) is 4.04. The molecular weight excluding hydrogens is 649 g/mol. The number of furan rings is 1. The summed E-state index contributed by atoms with van der Waals surface area (Å²) in [4.78, 5) is 3.94. The van der Waals surface area contributed by atoms with E-state index < -0.39 is 41.0 Å². The minimum absolute atomic E-state index is 0.0133. The van der Waals surface area contributed by atoms with E-state index in [1.54, 1.807) is 26.0 Å². The van der Waals surface area contributed by atoms with Gasteiger partial charge in [-0.05, 0) is 60.9 Å².